The summed E-state index contributed by atoms with van der Waals surface area (Å²) in [4.78, 5) is 22.7. The van der Waals surface area contributed by atoms with Crippen LogP contribution in [0, 0.1) is 0 Å². The van der Waals surface area contributed by atoms with E-state index >= 15 is 0 Å². The minimum absolute atomic E-state index is 0.0616. The van der Waals surface area contributed by atoms with Crippen molar-refractivity contribution >= 4 is 50.0 Å². The van der Waals surface area contributed by atoms with Gasteiger partial charge in [-0.25, -0.2) is 4.98 Å². The Morgan fingerprint density at radius 2 is 2.00 bits per heavy atom. The van der Waals surface area contributed by atoms with Crippen molar-refractivity contribution in [2.24, 2.45) is 0 Å². The van der Waals surface area contributed by atoms with E-state index in [1.54, 1.807) is 22.3 Å². The number of hydrogen-bond donors (Lipinski definition) is 0. The van der Waals surface area contributed by atoms with Gasteiger partial charge in [0.2, 0.25) is 0 Å². The van der Waals surface area contributed by atoms with Crippen LogP contribution in [0.25, 0.3) is 16.3 Å². The average Bonchev–Trinajstić information content (AvgIpc) is 3.36. The summed E-state index contributed by atoms with van der Waals surface area (Å²) >= 11 is 3.11. The third-order valence-corrected chi connectivity index (χ3v) is 6.34. The quantitative estimate of drug-likeness (QED) is 0.529. The highest BCUT2D eigenvalue weighted by atomic mass is 32.1. The second kappa shape index (κ2) is 8.94. The van der Waals surface area contributed by atoms with Gasteiger partial charge in [-0.1, -0.05) is 17.4 Å². The number of amides is 1. The van der Waals surface area contributed by atoms with Crippen LogP contribution < -0.4 is 14.4 Å². The number of hydrogen-bond acceptors (Lipinski definition) is 7. The van der Waals surface area contributed by atoms with Crippen molar-refractivity contribution in [3.63, 3.8) is 0 Å². The standard InChI is InChI=1S/C21H23N3O3S2/c1-23(2)8-4-9-24(20(25)7-6-15-5-3-12-28-15)21-22-16-13-17-18(14-19(16)29-21)27-11-10-26-17/h3,5-7,12-14H,4,8-11H2,1-2H3/b7-6+. The van der Waals surface area contributed by atoms with E-state index in [1.807, 2.05) is 49.8 Å². The van der Waals surface area contributed by atoms with Crippen molar-refractivity contribution in [2.45, 2.75) is 6.42 Å². The predicted molar refractivity (Wildman–Crippen MR) is 119 cm³/mol. The fourth-order valence-electron chi connectivity index (χ4n) is 3.04. The first-order valence-corrected chi connectivity index (χ1v) is 11.2. The van der Waals surface area contributed by atoms with Crippen molar-refractivity contribution in [3.8, 4) is 11.5 Å². The number of rotatable bonds is 7. The highest BCUT2D eigenvalue weighted by Gasteiger charge is 2.20. The third-order valence-electron chi connectivity index (χ3n) is 4.46. The molecule has 152 valence electrons. The Bertz CT molecular complexity index is 969. The Balaban J connectivity index is 1.61. The summed E-state index contributed by atoms with van der Waals surface area (Å²) in [6.45, 7) is 2.60. The van der Waals surface area contributed by atoms with Crippen molar-refractivity contribution < 1.29 is 14.3 Å². The van der Waals surface area contributed by atoms with Gasteiger partial charge in [0.1, 0.15) is 13.2 Å². The minimum atomic E-state index is -0.0616. The summed E-state index contributed by atoms with van der Waals surface area (Å²) in [5.74, 6) is 1.39. The molecule has 0 saturated heterocycles. The molecule has 0 fully saturated rings. The van der Waals surface area contributed by atoms with Gasteiger partial charge in [0, 0.05) is 29.6 Å². The van der Waals surface area contributed by atoms with Gasteiger partial charge in [0.05, 0.1) is 10.2 Å². The summed E-state index contributed by atoms with van der Waals surface area (Å²) < 4.78 is 12.3. The molecule has 3 heterocycles. The molecule has 0 saturated carbocycles. The van der Waals surface area contributed by atoms with Crippen LogP contribution in [0.1, 0.15) is 11.3 Å². The van der Waals surface area contributed by atoms with Gasteiger partial charge >= 0.3 is 0 Å². The molecule has 29 heavy (non-hydrogen) atoms. The normalized spacial score (nSPS) is 13.5. The van der Waals surface area contributed by atoms with Gasteiger partial charge in [-0.2, -0.15) is 0 Å². The smallest absolute Gasteiger partial charge is 0.252 e. The van der Waals surface area contributed by atoms with E-state index in [9.17, 15) is 4.79 Å². The summed E-state index contributed by atoms with van der Waals surface area (Å²) in [7, 11) is 4.07. The zero-order valence-corrected chi connectivity index (χ0v) is 18.1. The van der Waals surface area contributed by atoms with E-state index in [0.29, 0.717) is 30.6 Å². The van der Waals surface area contributed by atoms with Gasteiger partial charge in [0.25, 0.3) is 5.91 Å². The summed E-state index contributed by atoms with van der Waals surface area (Å²) in [6, 6.07) is 7.82. The van der Waals surface area contributed by atoms with Gasteiger partial charge in [-0.15, -0.1) is 11.3 Å². The topological polar surface area (TPSA) is 54.9 Å². The molecule has 1 aliphatic heterocycles. The molecule has 8 heteroatoms. The monoisotopic (exact) mass is 429 g/mol. The van der Waals surface area contributed by atoms with Crippen LogP contribution in [0.15, 0.2) is 35.7 Å². The number of carbonyl (C=O) groups excluding carboxylic acids is 1. The number of anilines is 1. The lowest BCUT2D eigenvalue weighted by Crippen LogP contribution is -2.32. The number of nitrogens with zero attached hydrogens (tertiary/aromatic N) is 3. The number of thiazole rings is 1. The van der Waals surface area contributed by atoms with Gasteiger partial charge in [-0.05, 0) is 44.6 Å². The number of ether oxygens (including phenoxy) is 2. The van der Waals surface area contributed by atoms with Crippen LogP contribution in [0.5, 0.6) is 11.5 Å². The first-order valence-electron chi connectivity index (χ1n) is 9.48. The molecule has 6 nitrogen and oxygen atoms in total. The molecule has 0 N–H and O–H groups in total. The number of fused-ring (bicyclic) bond motifs is 2. The highest BCUT2D eigenvalue weighted by molar-refractivity contribution is 7.22. The molecular formula is C21H23N3O3S2. The largest absolute Gasteiger partial charge is 0.486 e. The Kier molecular flexibility index (Phi) is 6.13. The molecule has 1 aliphatic rings. The second-order valence-electron chi connectivity index (χ2n) is 6.96. The summed E-state index contributed by atoms with van der Waals surface area (Å²) in [5.41, 5.74) is 0.821. The van der Waals surface area contributed by atoms with E-state index in [0.717, 1.165) is 33.8 Å². The van der Waals surface area contributed by atoms with Crippen LogP contribution in [0.4, 0.5) is 5.13 Å². The number of benzene rings is 1. The molecule has 0 spiro atoms. The fraction of sp³-hybridized carbons (Fsp3) is 0.333. The van der Waals surface area contributed by atoms with Gasteiger partial charge in [-0.3, -0.25) is 9.69 Å². The average molecular weight is 430 g/mol. The van der Waals surface area contributed by atoms with Crippen molar-refractivity contribution in [1.82, 2.24) is 9.88 Å². The Labute approximate surface area is 178 Å². The van der Waals surface area contributed by atoms with Gasteiger partial charge in [0.15, 0.2) is 16.6 Å². The van der Waals surface area contributed by atoms with E-state index in [2.05, 4.69) is 4.90 Å². The van der Waals surface area contributed by atoms with E-state index < -0.39 is 0 Å². The minimum Gasteiger partial charge on any atom is -0.486 e. The maximum Gasteiger partial charge on any atom is 0.252 e. The molecule has 0 aliphatic carbocycles. The zero-order valence-electron chi connectivity index (χ0n) is 16.5. The fourth-order valence-corrected chi connectivity index (χ4v) is 4.67. The number of thiophene rings is 1. The second-order valence-corrected chi connectivity index (χ2v) is 8.94. The molecule has 3 aromatic rings. The Morgan fingerprint density at radius 3 is 2.72 bits per heavy atom. The SMILES string of the molecule is CN(C)CCCN(C(=O)/C=C/c1cccs1)c1nc2cc3c(cc2s1)OCCO3. The molecule has 0 atom stereocenters. The van der Waals surface area contributed by atoms with Crippen LogP contribution in [0.2, 0.25) is 0 Å². The van der Waals surface area contributed by atoms with Crippen molar-refractivity contribution in [3.05, 3.63) is 40.6 Å². The molecule has 0 bridgehead atoms. The van der Waals surface area contributed by atoms with Gasteiger partial charge < -0.3 is 14.4 Å². The van der Waals surface area contributed by atoms with Crippen LogP contribution >= 0.6 is 22.7 Å². The first-order chi connectivity index (χ1) is 14.1. The van der Waals surface area contributed by atoms with Crippen LogP contribution in [0.3, 0.4) is 0 Å². The van der Waals surface area contributed by atoms with E-state index in [1.165, 1.54) is 11.3 Å². The molecule has 1 aromatic carbocycles. The van der Waals surface area contributed by atoms with Crippen LogP contribution in [-0.2, 0) is 4.79 Å². The molecule has 0 unspecified atom stereocenters. The summed E-state index contributed by atoms with van der Waals surface area (Å²) in [6.07, 6.45) is 4.36. The molecule has 2 aromatic heterocycles. The predicted octanol–water partition coefficient (Wildman–Crippen LogP) is 4.13. The maximum atomic E-state index is 13.0. The first kappa shape index (κ1) is 19.9. The van der Waals surface area contributed by atoms with E-state index in [-0.39, 0.29) is 5.91 Å². The zero-order chi connectivity index (χ0) is 20.2. The third kappa shape index (κ3) is 4.77. The van der Waals surface area contributed by atoms with Crippen molar-refractivity contribution in [2.75, 3.05) is 45.3 Å². The van der Waals surface area contributed by atoms with Crippen molar-refractivity contribution in [1.29, 1.82) is 0 Å². The lowest BCUT2D eigenvalue weighted by molar-refractivity contribution is -0.114. The lowest BCUT2D eigenvalue weighted by atomic mass is 10.3. The summed E-state index contributed by atoms with van der Waals surface area (Å²) in [5, 5.41) is 2.69. The molecule has 4 rings (SSSR count). The van der Waals surface area contributed by atoms with Crippen LogP contribution in [-0.4, -0.2) is 56.2 Å². The number of aromatic nitrogens is 1. The Hall–Kier alpha value is -2.42. The molecular weight excluding hydrogens is 406 g/mol. The van der Waals surface area contributed by atoms with E-state index in [4.69, 9.17) is 14.5 Å². The lowest BCUT2D eigenvalue weighted by Gasteiger charge is -2.19. The Morgan fingerprint density at radius 1 is 1.21 bits per heavy atom. The maximum absolute atomic E-state index is 13.0. The number of carbonyl (C=O) groups is 1. The molecule has 0 radical (unpaired) electrons. The molecule has 1 amide bonds. The highest BCUT2D eigenvalue weighted by Crippen LogP contribution is 2.38.